The number of nitrogens with one attached hydrogen (secondary N) is 1. The summed E-state index contributed by atoms with van der Waals surface area (Å²) >= 11 is 1.77. The van der Waals surface area contributed by atoms with Gasteiger partial charge in [0.25, 0.3) is 10.2 Å². The number of piperidine rings is 1. The normalized spacial score (nSPS) is 19.4. The van der Waals surface area contributed by atoms with Crippen LogP contribution in [0.3, 0.4) is 0 Å². The summed E-state index contributed by atoms with van der Waals surface area (Å²) in [7, 11) is -3.62. The Morgan fingerprint density at radius 2 is 2.18 bits per heavy atom. The van der Waals surface area contributed by atoms with Crippen LogP contribution in [0.1, 0.15) is 43.7 Å². The lowest BCUT2D eigenvalue weighted by atomic mass is 10.1. The molecule has 126 valence electrons. The Morgan fingerprint density at radius 1 is 1.50 bits per heavy atom. The van der Waals surface area contributed by atoms with E-state index in [0.717, 1.165) is 37.5 Å². The number of rotatable bonds is 7. The molecule has 1 aromatic heterocycles. The van der Waals surface area contributed by atoms with Crippen LogP contribution in [-0.4, -0.2) is 48.3 Å². The van der Waals surface area contributed by atoms with Gasteiger partial charge in [0.1, 0.15) is 0 Å². The first kappa shape index (κ1) is 17.7. The van der Waals surface area contributed by atoms with Crippen molar-refractivity contribution in [1.82, 2.24) is 19.8 Å². The van der Waals surface area contributed by atoms with Gasteiger partial charge >= 0.3 is 0 Å². The lowest BCUT2D eigenvalue weighted by Crippen LogP contribution is -2.46. The lowest BCUT2D eigenvalue weighted by molar-refractivity contribution is 0.177. The third kappa shape index (κ3) is 5.51. The summed E-state index contributed by atoms with van der Waals surface area (Å²) in [5.74, 6) is 2.35. The predicted molar refractivity (Wildman–Crippen MR) is 85.4 cm³/mol. The molecule has 1 atom stereocenters. The molecule has 0 amide bonds. The van der Waals surface area contributed by atoms with Gasteiger partial charge in [-0.05, 0) is 25.5 Å². The van der Waals surface area contributed by atoms with E-state index in [9.17, 15) is 8.42 Å². The number of aromatic nitrogens is 2. The van der Waals surface area contributed by atoms with Gasteiger partial charge in [-0.3, -0.25) is 4.90 Å². The second kappa shape index (κ2) is 7.73. The average molecular weight is 349 g/mol. The summed E-state index contributed by atoms with van der Waals surface area (Å²) in [6.07, 6.45) is 1.44. The van der Waals surface area contributed by atoms with Gasteiger partial charge in [-0.25, -0.2) is 5.14 Å². The fourth-order valence-electron chi connectivity index (χ4n) is 2.45. The van der Waals surface area contributed by atoms with Gasteiger partial charge < -0.3 is 4.52 Å². The van der Waals surface area contributed by atoms with Gasteiger partial charge in [0.15, 0.2) is 5.82 Å². The fourth-order valence-corrected chi connectivity index (χ4v) is 3.90. The molecule has 2 rings (SSSR count). The zero-order chi connectivity index (χ0) is 16.2. The molecule has 1 fully saturated rings. The van der Waals surface area contributed by atoms with Crippen molar-refractivity contribution < 1.29 is 12.9 Å². The molecule has 0 aromatic carbocycles. The van der Waals surface area contributed by atoms with E-state index >= 15 is 0 Å². The van der Waals surface area contributed by atoms with Crippen LogP contribution >= 0.6 is 11.8 Å². The van der Waals surface area contributed by atoms with Gasteiger partial charge in [-0.2, -0.15) is 29.9 Å². The molecule has 0 bridgehead atoms. The number of likely N-dealkylation sites (tertiary alicyclic amines) is 1. The standard InChI is InChI=1S/C12H23N5O3S2/c1-3-21-9(2)12-14-11(20-15-12)8-17-6-4-10(5-7-17)16-22(13,18)19/h9-10,16H,3-8H2,1-2H3,(H2,13,18,19). The van der Waals surface area contributed by atoms with E-state index in [1.54, 1.807) is 11.8 Å². The molecular weight excluding hydrogens is 326 g/mol. The minimum Gasteiger partial charge on any atom is -0.338 e. The SMILES string of the molecule is CCSC(C)c1noc(CN2CCC(NS(N)(=O)=O)CC2)n1. The second-order valence-corrected chi connectivity index (χ2v) is 8.30. The Bertz CT molecular complexity index is 569. The first-order valence-electron chi connectivity index (χ1n) is 7.34. The van der Waals surface area contributed by atoms with Gasteiger partial charge in [-0.15, -0.1) is 0 Å². The van der Waals surface area contributed by atoms with E-state index in [-0.39, 0.29) is 11.3 Å². The van der Waals surface area contributed by atoms with Crippen molar-refractivity contribution >= 4 is 22.0 Å². The monoisotopic (exact) mass is 349 g/mol. The molecule has 1 saturated heterocycles. The summed E-state index contributed by atoms with van der Waals surface area (Å²) < 4.78 is 29.8. The second-order valence-electron chi connectivity index (χ2n) is 5.36. The minimum absolute atomic E-state index is 0.0922. The molecule has 0 aliphatic carbocycles. The molecule has 0 spiro atoms. The van der Waals surface area contributed by atoms with E-state index < -0.39 is 10.2 Å². The van der Waals surface area contributed by atoms with Crippen LogP contribution in [0, 0.1) is 0 Å². The molecule has 0 radical (unpaired) electrons. The first-order valence-corrected chi connectivity index (χ1v) is 9.93. The quantitative estimate of drug-likeness (QED) is 0.742. The van der Waals surface area contributed by atoms with Crippen LogP contribution in [0.2, 0.25) is 0 Å². The van der Waals surface area contributed by atoms with Crippen molar-refractivity contribution in [3.63, 3.8) is 0 Å². The number of thioether (sulfide) groups is 1. The smallest absolute Gasteiger partial charge is 0.274 e. The Balaban J connectivity index is 1.81. The molecule has 10 heteroatoms. The van der Waals surface area contributed by atoms with Crippen molar-refractivity contribution in [3.05, 3.63) is 11.7 Å². The highest BCUT2D eigenvalue weighted by Gasteiger charge is 2.23. The third-order valence-electron chi connectivity index (χ3n) is 3.54. The highest BCUT2D eigenvalue weighted by atomic mass is 32.2. The van der Waals surface area contributed by atoms with Crippen molar-refractivity contribution in [2.45, 2.75) is 44.5 Å². The molecule has 1 unspecified atom stereocenters. The molecule has 3 N–H and O–H groups in total. The van der Waals surface area contributed by atoms with Crippen LogP contribution < -0.4 is 9.86 Å². The average Bonchev–Trinajstić information content (AvgIpc) is 2.88. The van der Waals surface area contributed by atoms with E-state index in [1.807, 2.05) is 0 Å². The molecule has 1 aliphatic heterocycles. The van der Waals surface area contributed by atoms with Crippen LogP contribution in [-0.2, 0) is 16.8 Å². The van der Waals surface area contributed by atoms with Gasteiger partial charge in [0, 0.05) is 19.1 Å². The maximum Gasteiger partial charge on any atom is 0.274 e. The molecule has 22 heavy (non-hydrogen) atoms. The molecule has 2 heterocycles. The number of nitrogens with two attached hydrogens (primary N) is 1. The Morgan fingerprint density at radius 3 is 2.77 bits per heavy atom. The highest BCUT2D eigenvalue weighted by Crippen LogP contribution is 2.25. The predicted octanol–water partition coefficient (Wildman–Crippen LogP) is 0.641. The molecule has 1 aromatic rings. The molecule has 1 aliphatic rings. The Labute approximate surface area is 135 Å². The van der Waals surface area contributed by atoms with Crippen molar-refractivity contribution in [3.8, 4) is 0 Å². The van der Waals surface area contributed by atoms with E-state index in [2.05, 4.69) is 33.6 Å². The van der Waals surface area contributed by atoms with Crippen molar-refractivity contribution in [1.29, 1.82) is 0 Å². The lowest BCUT2D eigenvalue weighted by Gasteiger charge is -2.30. The maximum atomic E-state index is 11.0. The van der Waals surface area contributed by atoms with E-state index in [0.29, 0.717) is 12.4 Å². The van der Waals surface area contributed by atoms with Crippen molar-refractivity contribution in [2.75, 3.05) is 18.8 Å². The summed E-state index contributed by atoms with van der Waals surface area (Å²) in [5.41, 5.74) is 0. The van der Waals surface area contributed by atoms with Crippen LogP contribution in [0.5, 0.6) is 0 Å². The first-order chi connectivity index (χ1) is 10.4. The van der Waals surface area contributed by atoms with Gasteiger partial charge in [0.2, 0.25) is 5.89 Å². The highest BCUT2D eigenvalue weighted by molar-refractivity contribution is 7.99. The van der Waals surface area contributed by atoms with Crippen LogP contribution in [0.4, 0.5) is 0 Å². The van der Waals surface area contributed by atoms with Crippen molar-refractivity contribution in [2.24, 2.45) is 5.14 Å². The topological polar surface area (TPSA) is 114 Å². The number of nitrogens with zero attached hydrogens (tertiary/aromatic N) is 3. The largest absolute Gasteiger partial charge is 0.338 e. The summed E-state index contributed by atoms with van der Waals surface area (Å²) in [6.45, 7) is 6.29. The number of hydrogen-bond acceptors (Lipinski definition) is 7. The molecular formula is C12H23N5O3S2. The zero-order valence-corrected chi connectivity index (χ0v) is 14.5. The van der Waals surface area contributed by atoms with E-state index in [4.69, 9.17) is 9.66 Å². The van der Waals surface area contributed by atoms with Gasteiger partial charge in [0.05, 0.1) is 11.8 Å². The Kier molecular flexibility index (Phi) is 6.21. The van der Waals surface area contributed by atoms with Crippen LogP contribution in [0.25, 0.3) is 0 Å². The summed E-state index contributed by atoms with van der Waals surface area (Å²) in [6, 6.07) is -0.0922. The third-order valence-corrected chi connectivity index (χ3v) is 5.25. The molecule has 0 saturated carbocycles. The Hall–Kier alpha value is -0.680. The van der Waals surface area contributed by atoms with Crippen LogP contribution in [0.15, 0.2) is 4.52 Å². The van der Waals surface area contributed by atoms with E-state index in [1.165, 1.54) is 0 Å². The molecule has 8 nitrogen and oxygen atoms in total. The maximum absolute atomic E-state index is 11.0. The summed E-state index contributed by atoms with van der Waals surface area (Å²) in [5, 5.41) is 9.24. The van der Waals surface area contributed by atoms with Gasteiger partial charge in [-0.1, -0.05) is 12.1 Å². The zero-order valence-electron chi connectivity index (χ0n) is 12.9. The minimum atomic E-state index is -3.62. The summed E-state index contributed by atoms with van der Waals surface area (Å²) in [4.78, 5) is 6.61. The fraction of sp³-hybridized carbons (Fsp3) is 0.833. The number of hydrogen-bond donors (Lipinski definition) is 2.